The van der Waals surface area contributed by atoms with Gasteiger partial charge >= 0.3 is 18.9 Å². The number of carbonyl (C=O) groups excluding carboxylic acids is 1. The van der Waals surface area contributed by atoms with Gasteiger partial charge in [0.25, 0.3) is 0 Å². The van der Waals surface area contributed by atoms with Crippen LogP contribution in [0.25, 0.3) is 0 Å². The molecule has 0 unspecified atom stereocenters. The van der Waals surface area contributed by atoms with Crippen LogP contribution in [0.1, 0.15) is 17.5 Å². The van der Waals surface area contributed by atoms with Crippen molar-refractivity contribution in [2.75, 3.05) is 0 Å². The predicted octanol–water partition coefficient (Wildman–Crippen LogP) is 2.75. The van der Waals surface area contributed by atoms with Crippen LogP contribution in [0.15, 0.2) is 54.6 Å². The van der Waals surface area contributed by atoms with Gasteiger partial charge in [-0.1, -0.05) is 42.5 Å². The summed E-state index contributed by atoms with van der Waals surface area (Å²) in [5.74, 6) is 0.855. The van der Waals surface area contributed by atoms with Gasteiger partial charge in [0, 0.05) is 6.42 Å². The molecule has 0 amide bonds. The Hall–Kier alpha value is -1.49. The molecule has 0 aliphatic heterocycles. The number of benzene rings is 2. The molecule has 2 nitrogen and oxygen atoms in total. The first-order valence-corrected chi connectivity index (χ1v) is 6.08. The maximum absolute atomic E-state index is 10.3. The summed E-state index contributed by atoms with van der Waals surface area (Å²) in [6.45, 7) is 0.578. The topological polar surface area (TPSA) is 26.3 Å². The minimum atomic E-state index is 0. The molecule has 2 aromatic rings. The monoisotopic (exact) mass is 248 g/mol. The third kappa shape index (κ3) is 5.34. The van der Waals surface area contributed by atoms with Gasteiger partial charge in [-0.05, 0) is 29.7 Å². The van der Waals surface area contributed by atoms with Crippen LogP contribution in [0.5, 0.6) is 5.75 Å². The van der Waals surface area contributed by atoms with Crippen LogP contribution < -0.4 is 4.74 Å². The SMILES string of the molecule is O=CCCc1ccc(OCc2ccccc2)cc1.[LiH]. The molecule has 0 spiro atoms. The Morgan fingerprint density at radius 1 is 0.895 bits per heavy atom. The minimum absolute atomic E-state index is 0. The molecule has 0 aliphatic carbocycles. The van der Waals surface area contributed by atoms with Gasteiger partial charge in [0.2, 0.25) is 0 Å². The van der Waals surface area contributed by atoms with Crippen LogP contribution in [-0.4, -0.2) is 25.1 Å². The summed E-state index contributed by atoms with van der Waals surface area (Å²) in [6, 6.07) is 18.0. The van der Waals surface area contributed by atoms with Crippen molar-refractivity contribution in [1.82, 2.24) is 0 Å². The first kappa shape index (κ1) is 15.6. The van der Waals surface area contributed by atoms with Crippen LogP contribution in [0.3, 0.4) is 0 Å². The Morgan fingerprint density at radius 3 is 2.21 bits per heavy atom. The van der Waals surface area contributed by atoms with E-state index < -0.39 is 0 Å². The van der Waals surface area contributed by atoms with Gasteiger partial charge in [-0.15, -0.1) is 0 Å². The fraction of sp³-hybridized carbons (Fsp3) is 0.188. The van der Waals surface area contributed by atoms with E-state index in [4.69, 9.17) is 4.74 Å². The molecule has 0 aromatic heterocycles. The molecule has 19 heavy (non-hydrogen) atoms. The molecular weight excluding hydrogens is 231 g/mol. The Kier molecular flexibility index (Phi) is 7.03. The number of aldehydes is 1. The van der Waals surface area contributed by atoms with Gasteiger partial charge in [-0.3, -0.25) is 0 Å². The summed E-state index contributed by atoms with van der Waals surface area (Å²) < 4.78 is 5.68. The van der Waals surface area contributed by atoms with Crippen molar-refractivity contribution in [2.24, 2.45) is 0 Å². The summed E-state index contributed by atoms with van der Waals surface area (Å²) in [6.07, 6.45) is 2.31. The van der Waals surface area contributed by atoms with Gasteiger partial charge in [0.1, 0.15) is 18.6 Å². The quantitative estimate of drug-likeness (QED) is 0.580. The maximum atomic E-state index is 10.3. The summed E-state index contributed by atoms with van der Waals surface area (Å²) >= 11 is 0. The second-order valence-corrected chi connectivity index (χ2v) is 4.12. The number of aryl methyl sites for hydroxylation is 1. The number of hydrogen-bond acceptors (Lipinski definition) is 2. The second-order valence-electron chi connectivity index (χ2n) is 4.12. The van der Waals surface area contributed by atoms with Crippen molar-refractivity contribution < 1.29 is 9.53 Å². The Bertz CT molecular complexity index is 480. The first-order valence-electron chi connectivity index (χ1n) is 6.08. The molecule has 3 heteroatoms. The van der Waals surface area contributed by atoms with Gasteiger partial charge in [0.15, 0.2) is 0 Å². The van der Waals surface area contributed by atoms with E-state index in [-0.39, 0.29) is 18.9 Å². The molecule has 2 rings (SSSR count). The molecule has 2 aromatic carbocycles. The summed E-state index contributed by atoms with van der Waals surface area (Å²) in [4.78, 5) is 10.3. The van der Waals surface area contributed by atoms with Crippen LogP contribution in [-0.2, 0) is 17.8 Å². The van der Waals surface area contributed by atoms with Crippen LogP contribution in [0.4, 0.5) is 0 Å². The van der Waals surface area contributed by atoms with Crippen molar-refractivity contribution >= 4 is 25.1 Å². The van der Waals surface area contributed by atoms with Crippen molar-refractivity contribution in [3.8, 4) is 5.75 Å². The Labute approximate surface area is 126 Å². The molecule has 0 fully saturated rings. The van der Waals surface area contributed by atoms with Gasteiger partial charge < -0.3 is 9.53 Å². The molecule has 94 valence electrons. The molecule has 0 heterocycles. The van der Waals surface area contributed by atoms with Gasteiger partial charge in [-0.2, -0.15) is 0 Å². The molecule has 0 saturated heterocycles. The molecule has 0 saturated carbocycles. The average molecular weight is 248 g/mol. The van der Waals surface area contributed by atoms with Gasteiger partial charge in [0.05, 0.1) is 0 Å². The fourth-order valence-electron chi connectivity index (χ4n) is 1.72. The summed E-state index contributed by atoms with van der Waals surface area (Å²) in [5.41, 5.74) is 2.32. The van der Waals surface area contributed by atoms with Crippen molar-refractivity contribution in [3.05, 3.63) is 65.7 Å². The van der Waals surface area contributed by atoms with Crippen LogP contribution in [0, 0.1) is 0 Å². The number of hydrogen-bond donors (Lipinski definition) is 0. The zero-order valence-electron chi connectivity index (χ0n) is 10.2. The summed E-state index contributed by atoms with van der Waals surface area (Å²) in [7, 11) is 0. The number of carbonyl (C=O) groups is 1. The number of ether oxygens (including phenoxy) is 1. The van der Waals surface area contributed by atoms with Crippen molar-refractivity contribution in [3.63, 3.8) is 0 Å². The van der Waals surface area contributed by atoms with E-state index in [1.54, 1.807) is 0 Å². The van der Waals surface area contributed by atoms with E-state index >= 15 is 0 Å². The molecular formula is C16H17LiO2. The van der Waals surface area contributed by atoms with Crippen LogP contribution >= 0.6 is 0 Å². The molecule has 0 bridgehead atoms. The molecule has 0 radical (unpaired) electrons. The average Bonchev–Trinajstić information content (AvgIpc) is 2.45. The van der Waals surface area contributed by atoms with Gasteiger partial charge in [-0.25, -0.2) is 0 Å². The zero-order chi connectivity index (χ0) is 12.6. The van der Waals surface area contributed by atoms with E-state index in [0.29, 0.717) is 13.0 Å². The molecule has 0 atom stereocenters. The van der Waals surface area contributed by atoms with E-state index in [1.165, 1.54) is 0 Å². The van der Waals surface area contributed by atoms with E-state index in [2.05, 4.69) is 0 Å². The third-order valence-corrected chi connectivity index (χ3v) is 2.72. The Balaban J connectivity index is 0.00000180. The number of rotatable bonds is 6. The third-order valence-electron chi connectivity index (χ3n) is 2.72. The fourth-order valence-corrected chi connectivity index (χ4v) is 1.72. The zero-order valence-corrected chi connectivity index (χ0v) is 10.2. The molecule has 0 aliphatic rings. The standard InChI is InChI=1S/C16H16O2.Li.H/c17-12-4-7-14-8-10-16(11-9-14)18-13-15-5-2-1-3-6-15;;/h1-3,5-6,8-12H,4,7,13H2;;. The molecule has 0 N–H and O–H groups in total. The first-order chi connectivity index (χ1) is 8.88. The van der Waals surface area contributed by atoms with E-state index in [1.807, 2.05) is 54.6 Å². The van der Waals surface area contributed by atoms with Crippen molar-refractivity contribution in [2.45, 2.75) is 19.4 Å². The summed E-state index contributed by atoms with van der Waals surface area (Å²) in [5, 5.41) is 0. The normalized spacial score (nSPS) is 9.47. The van der Waals surface area contributed by atoms with Crippen LogP contribution in [0.2, 0.25) is 0 Å². The second kappa shape index (κ2) is 8.58. The Morgan fingerprint density at radius 2 is 1.58 bits per heavy atom. The van der Waals surface area contributed by atoms with E-state index in [9.17, 15) is 4.79 Å². The van der Waals surface area contributed by atoms with E-state index in [0.717, 1.165) is 29.6 Å². The predicted molar refractivity (Wildman–Crippen MR) is 78.8 cm³/mol. The van der Waals surface area contributed by atoms with Crippen molar-refractivity contribution in [1.29, 1.82) is 0 Å².